The average Bonchev–Trinajstić information content (AvgIpc) is 2.30. The molecule has 0 heterocycles. The highest BCUT2D eigenvalue weighted by molar-refractivity contribution is 5.82. The molecule has 1 rings (SSSR count). The van der Waals surface area contributed by atoms with E-state index in [0.717, 1.165) is 5.56 Å². The highest BCUT2D eigenvalue weighted by atomic mass is 16.6. The van der Waals surface area contributed by atoms with Gasteiger partial charge < -0.3 is 15.9 Å². The van der Waals surface area contributed by atoms with Crippen LogP contribution in [0.25, 0.3) is 0 Å². The van der Waals surface area contributed by atoms with Crippen molar-refractivity contribution in [2.24, 2.45) is 10.9 Å². The van der Waals surface area contributed by atoms with E-state index in [2.05, 4.69) is 10.5 Å². The summed E-state index contributed by atoms with van der Waals surface area (Å²) in [4.78, 5) is 15.9. The molecule has 0 saturated carbocycles. The highest BCUT2D eigenvalue weighted by Gasteiger charge is 2.00. The molecular formula is C12H17N3O2. The Bertz CT molecular complexity index is 377. The Hall–Kier alpha value is -2.04. The number of hydrogen-bond donors (Lipinski definition) is 2. The SMILES string of the molecule is CCNC(=O)CON=C(N)Cc1ccccc1. The number of likely N-dealkylation sites (N-methyl/N-ethyl adjacent to an activating group) is 1. The van der Waals surface area contributed by atoms with Gasteiger partial charge in [0.05, 0.1) is 0 Å². The fourth-order valence-electron chi connectivity index (χ4n) is 1.26. The Labute approximate surface area is 101 Å². The van der Waals surface area contributed by atoms with Crippen LogP contribution in [-0.4, -0.2) is 24.9 Å². The van der Waals surface area contributed by atoms with Gasteiger partial charge >= 0.3 is 0 Å². The van der Waals surface area contributed by atoms with E-state index in [-0.39, 0.29) is 12.5 Å². The number of benzene rings is 1. The first-order chi connectivity index (χ1) is 8.22. The van der Waals surface area contributed by atoms with E-state index in [0.29, 0.717) is 18.8 Å². The van der Waals surface area contributed by atoms with Crippen LogP contribution in [0.1, 0.15) is 12.5 Å². The van der Waals surface area contributed by atoms with Gasteiger partial charge in [-0.3, -0.25) is 4.79 Å². The van der Waals surface area contributed by atoms with Gasteiger partial charge in [-0.05, 0) is 12.5 Å². The van der Waals surface area contributed by atoms with Crippen molar-refractivity contribution in [2.75, 3.05) is 13.2 Å². The van der Waals surface area contributed by atoms with Crippen LogP contribution in [0, 0.1) is 0 Å². The third-order valence-electron chi connectivity index (χ3n) is 1.98. The van der Waals surface area contributed by atoms with Crippen molar-refractivity contribution in [3.8, 4) is 0 Å². The van der Waals surface area contributed by atoms with Crippen molar-refractivity contribution in [1.29, 1.82) is 0 Å². The summed E-state index contributed by atoms with van der Waals surface area (Å²) in [5.74, 6) is 0.143. The molecule has 3 N–H and O–H groups in total. The first-order valence-corrected chi connectivity index (χ1v) is 5.47. The van der Waals surface area contributed by atoms with Gasteiger partial charge in [0, 0.05) is 13.0 Å². The molecule has 5 nitrogen and oxygen atoms in total. The van der Waals surface area contributed by atoms with Crippen LogP contribution in [0.3, 0.4) is 0 Å². The number of amides is 1. The molecule has 0 aromatic heterocycles. The molecule has 1 amide bonds. The van der Waals surface area contributed by atoms with E-state index in [1.807, 2.05) is 37.3 Å². The minimum Gasteiger partial charge on any atom is -0.384 e. The molecule has 0 aliphatic rings. The highest BCUT2D eigenvalue weighted by Crippen LogP contribution is 1.99. The summed E-state index contributed by atoms with van der Waals surface area (Å²) in [6.45, 7) is 2.31. The zero-order valence-electron chi connectivity index (χ0n) is 9.85. The monoisotopic (exact) mass is 235 g/mol. The first-order valence-electron chi connectivity index (χ1n) is 5.47. The largest absolute Gasteiger partial charge is 0.384 e. The van der Waals surface area contributed by atoms with Gasteiger partial charge in [-0.25, -0.2) is 0 Å². The second-order valence-electron chi connectivity index (χ2n) is 3.47. The Morgan fingerprint density at radius 2 is 2.12 bits per heavy atom. The maximum absolute atomic E-state index is 11.0. The normalized spacial score (nSPS) is 11.0. The molecule has 1 aromatic carbocycles. The molecule has 17 heavy (non-hydrogen) atoms. The number of hydrogen-bond acceptors (Lipinski definition) is 3. The lowest BCUT2D eigenvalue weighted by atomic mass is 10.1. The molecule has 0 spiro atoms. The number of oxime groups is 1. The lowest BCUT2D eigenvalue weighted by Crippen LogP contribution is -2.27. The number of amidine groups is 1. The van der Waals surface area contributed by atoms with Crippen LogP contribution < -0.4 is 11.1 Å². The fourth-order valence-corrected chi connectivity index (χ4v) is 1.26. The Kier molecular flexibility index (Phi) is 5.57. The molecule has 0 saturated heterocycles. The lowest BCUT2D eigenvalue weighted by molar-refractivity contribution is -0.125. The standard InChI is InChI=1S/C12H17N3O2/c1-2-14-12(16)9-17-15-11(13)8-10-6-4-3-5-7-10/h3-7H,2,8-9H2,1H3,(H2,13,15)(H,14,16). The van der Waals surface area contributed by atoms with Crippen molar-refractivity contribution in [1.82, 2.24) is 5.32 Å². The number of rotatable bonds is 6. The summed E-state index contributed by atoms with van der Waals surface area (Å²) in [5.41, 5.74) is 6.71. The van der Waals surface area contributed by atoms with E-state index < -0.39 is 0 Å². The Morgan fingerprint density at radius 3 is 2.76 bits per heavy atom. The number of nitrogens with two attached hydrogens (primary N) is 1. The van der Waals surface area contributed by atoms with Crippen LogP contribution in [-0.2, 0) is 16.1 Å². The van der Waals surface area contributed by atoms with E-state index >= 15 is 0 Å². The van der Waals surface area contributed by atoms with Crippen LogP contribution in [0.15, 0.2) is 35.5 Å². The summed E-state index contributed by atoms with van der Waals surface area (Å²) >= 11 is 0. The average molecular weight is 235 g/mol. The maximum atomic E-state index is 11.0. The quantitative estimate of drug-likeness (QED) is 0.432. The molecule has 0 fully saturated rings. The van der Waals surface area contributed by atoms with Crippen molar-refractivity contribution >= 4 is 11.7 Å². The minimum absolute atomic E-state index is 0.108. The third kappa shape index (κ3) is 5.55. The van der Waals surface area contributed by atoms with Crippen LogP contribution >= 0.6 is 0 Å². The Morgan fingerprint density at radius 1 is 1.41 bits per heavy atom. The van der Waals surface area contributed by atoms with E-state index in [1.165, 1.54) is 0 Å². The number of carbonyl (C=O) groups excluding carboxylic acids is 1. The zero-order valence-corrected chi connectivity index (χ0v) is 9.85. The van der Waals surface area contributed by atoms with Gasteiger partial charge in [0.1, 0.15) is 5.84 Å². The summed E-state index contributed by atoms with van der Waals surface area (Å²) < 4.78 is 0. The molecule has 0 aliphatic carbocycles. The molecule has 5 heteroatoms. The second kappa shape index (κ2) is 7.27. The zero-order chi connectivity index (χ0) is 12.5. The van der Waals surface area contributed by atoms with Crippen LogP contribution in [0.4, 0.5) is 0 Å². The number of carbonyl (C=O) groups is 1. The molecule has 0 atom stereocenters. The lowest BCUT2D eigenvalue weighted by Gasteiger charge is -2.02. The molecule has 92 valence electrons. The Balaban J connectivity index is 2.33. The van der Waals surface area contributed by atoms with Crippen molar-refractivity contribution in [2.45, 2.75) is 13.3 Å². The van der Waals surface area contributed by atoms with Gasteiger partial charge in [-0.1, -0.05) is 35.5 Å². The first kappa shape index (κ1) is 13.0. The summed E-state index contributed by atoms with van der Waals surface area (Å²) in [6.07, 6.45) is 0.510. The van der Waals surface area contributed by atoms with Crippen LogP contribution in [0.5, 0.6) is 0 Å². The van der Waals surface area contributed by atoms with Crippen molar-refractivity contribution in [3.63, 3.8) is 0 Å². The van der Waals surface area contributed by atoms with Gasteiger partial charge in [-0.2, -0.15) is 0 Å². The van der Waals surface area contributed by atoms with Crippen molar-refractivity contribution in [3.05, 3.63) is 35.9 Å². The number of nitrogens with one attached hydrogen (secondary N) is 1. The maximum Gasteiger partial charge on any atom is 0.260 e. The van der Waals surface area contributed by atoms with Gasteiger partial charge in [0.25, 0.3) is 5.91 Å². The molecule has 0 bridgehead atoms. The summed E-state index contributed by atoms with van der Waals surface area (Å²) in [7, 11) is 0. The summed E-state index contributed by atoms with van der Waals surface area (Å²) in [6, 6.07) is 9.69. The van der Waals surface area contributed by atoms with Gasteiger partial charge in [0.2, 0.25) is 0 Å². The predicted octanol–water partition coefficient (Wildman–Crippen LogP) is 0.654. The molecule has 0 aliphatic heterocycles. The van der Waals surface area contributed by atoms with E-state index in [9.17, 15) is 4.79 Å². The predicted molar refractivity (Wildman–Crippen MR) is 66.4 cm³/mol. The van der Waals surface area contributed by atoms with E-state index in [1.54, 1.807) is 0 Å². The van der Waals surface area contributed by atoms with Crippen LogP contribution in [0.2, 0.25) is 0 Å². The minimum atomic E-state index is -0.205. The van der Waals surface area contributed by atoms with Gasteiger partial charge in [0.15, 0.2) is 6.61 Å². The fraction of sp³-hybridized carbons (Fsp3) is 0.333. The van der Waals surface area contributed by atoms with Gasteiger partial charge in [-0.15, -0.1) is 0 Å². The molecular weight excluding hydrogens is 218 g/mol. The smallest absolute Gasteiger partial charge is 0.260 e. The second-order valence-corrected chi connectivity index (χ2v) is 3.47. The van der Waals surface area contributed by atoms with Crippen molar-refractivity contribution < 1.29 is 9.63 Å². The molecule has 0 radical (unpaired) electrons. The number of nitrogens with zero attached hydrogens (tertiary/aromatic N) is 1. The third-order valence-corrected chi connectivity index (χ3v) is 1.98. The van der Waals surface area contributed by atoms with E-state index in [4.69, 9.17) is 10.6 Å². The summed E-state index contributed by atoms with van der Waals surface area (Å²) in [5, 5.41) is 6.27. The topological polar surface area (TPSA) is 76.7 Å². The molecule has 1 aromatic rings. The molecule has 0 unspecified atom stereocenters.